The number of carbonyl (C=O) groups is 1. The molecule has 0 radical (unpaired) electrons. The van der Waals surface area contributed by atoms with Crippen molar-refractivity contribution in [2.24, 2.45) is 5.92 Å². The number of alkyl halides is 3. The largest absolute Gasteiger partial charge is 0.401 e. The number of urea groups is 1. The predicted molar refractivity (Wildman–Crippen MR) is 70.8 cm³/mol. The van der Waals surface area contributed by atoms with Crippen LogP contribution in [-0.2, 0) is 0 Å². The van der Waals surface area contributed by atoms with Crippen molar-refractivity contribution in [3.8, 4) is 0 Å². The number of hydrogen-bond acceptors (Lipinski definition) is 3. The van der Waals surface area contributed by atoms with E-state index >= 15 is 0 Å². The summed E-state index contributed by atoms with van der Waals surface area (Å²) in [5.74, 6) is 0.0616. The van der Waals surface area contributed by atoms with Gasteiger partial charge in [0.25, 0.3) is 0 Å². The van der Waals surface area contributed by atoms with Crippen LogP contribution in [-0.4, -0.2) is 72.5 Å². The van der Waals surface area contributed by atoms with E-state index in [-0.39, 0.29) is 24.6 Å². The number of aliphatic hydroxyl groups excluding tert-OH is 1. The molecular formula is C13H22F3N3O2. The Kier molecular flexibility index (Phi) is 5.32. The molecule has 0 aliphatic carbocycles. The molecule has 2 unspecified atom stereocenters. The summed E-state index contributed by atoms with van der Waals surface area (Å²) in [6, 6.07) is -0.351. The van der Waals surface area contributed by atoms with Crippen molar-refractivity contribution in [2.75, 3.05) is 39.3 Å². The summed E-state index contributed by atoms with van der Waals surface area (Å²) in [7, 11) is 0. The lowest BCUT2D eigenvalue weighted by molar-refractivity contribution is -0.143. The fourth-order valence-electron chi connectivity index (χ4n) is 3.10. The molecule has 2 amide bonds. The minimum absolute atomic E-state index is 0.0454. The second kappa shape index (κ2) is 6.83. The highest BCUT2D eigenvalue weighted by molar-refractivity contribution is 5.74. The summed E-state index contributed by atoms with van der Waals surface area (Å²) < 4.78 is 36.9. The lowest BCUT2D eigenvalue weighted by atomic mass is 10.1. The number of nitrogens with one attached hydrogen (secondary N) is 1. The Labute approximate surface area is 122 Å². The van der Waals surface area contributed by atoms with Crippen molar-refractivity contribution < 1.29 is 23.1 Å². The van der Waals surface area contributed by atoms with Crippen LogP contribution >= 0.6 is 0 Å². The van der Waals surface area contributed by atoms with E-state index in [2.05, 4.69) is 5.32 Å². The number of rotatable bonds is 4. The van der Waals surface area contributed by atoms with Gasteiger partial charge in [0.15, 0.2) is 0 Å². The molecular weight excluding hydrogens is 287 g/mol. The van der Waals surface area contributed by atoms with E-state index in [0.717, 1.165) is 12.8 Å². The summed E-state index contributed by atoms with van der Waals surface area (Å²) in [5.41, 5.74) is 0. The first-order valence-electron chi connectivity index (χ1n) is 7.33. The van der Waals surface area contributed by atoms with Crippen LogP contribution in [0.25, 0.3) is 0 Å². The lowest BCUT2D eigenvalue weighted by Crippen LogP contribution is -2.45. The monoisotopic (exact) mass is 309 g/mol. The van der Waals surface area contributed by atoms with E-state index in [1.54, 1.807) is 4.90 Å². The highest BCUT2D eigenvalue weighted by atomic mass is 19.4. The maximum atomic E-state index is 12.3. The molecule has 2 aliphatic rings. The average Bonchev–Trinajstić information content (AvgIpc) is 3.02. The minimum atomic E-state index is -4.16. The quantitative estimate of drug-likeness (QED) is 0.816. The lowest BCUT2D eigenvalue weighted by Gasteiger charge is -2.24. The standard InChI is InChI=1S/C13H22F3N3O2/c14-13(15,16)9-18-5-3-10(7-18)6-17-12(21)19-4-1-2-11(19)8-20/h10-11,20H,1-9H2,(H,17,21). The molecule has 0 saturated carbocycles. The zero-order chi connectivity index (χ0) is 15.5. The summed E-state index contributed by atoms with van der Waals surface area (Å²) in [5, 5.41) is 12.0. The first-order valence-corrected chi connectivity index (χ1v) is 7.33. The van der Waals surface area contributed by atoms with Gasteiger partial charge in [0, 0.05) is 19.6 Å². The van der Waals surface area contributed by atoms with Gasteiger partial charge < -0.3 is 15.3 Å². The molecule has 122 valence electrons. The maximum absolute atomic E-state index is 12.3. The summed E-state index contributed by atoms with van der Waals surface area (Å²) in [6.07, 6.45) is -1.82. The number of amides is 2. The van der Waals surface area contributed by atoms with Crippen LogP contribution < -0.4 is 5.32 Å². The van der Waals surface area contributed by atoms with Crippen LogP contribution in [0.4, 0.5) is 18.0 Å². The van der Waals surface area contributed by atoms with Gasteiger partial charge in [-0.2, -0.15) is 13.2 Å². The molecule has 21 heavy (non-hydrogen) atoms. The normalized spacial score (nSPS) is 27.3. The van der Waals surface area contributed by atoms with E-state index in [1.165, 1.54) is 4.90 Å². The number of halogens is 3. The maximum Gasteiger partial charge on any atom is 0.401 e. The summed E-state index contributed by atoms with van der Waals surface area (Å²) >= 11 is 0. The highest BCUT2D eigenvalue weighted by Crippen LogP contribution is 2.22. The van der Waals surface area contributed by atoms with E-state index in [1.807, 2.05) is 0 Å². The molecule has 0 spiro atoms. The van der Waals surface area contributed by atoms with E-state index in [4.69, 9.17) is 0 Å². The van der Waals surface area contributed by atoms with E-state index in [9.17, 15) is 23.1 Å². The van der Waals surface area contributed by atoms with E-state index < -0.39 is 12.7 Å². The molecule has 2 rings (SSSR count). The van der Waals surface area contributed by atoms with Crippen LogP contribution in [0, 0.1) is 5.92 Å². The Morgan fingerprint density at radius 3 is 2.71 bits per heavy atom. The predicted octanol–water partition coefficient (Wildman–Crippen LogP) is 1.04. The fraction of sp³-hybridized carbons (Fsp3) is 0.923. The SMILES string of the molecule is O=C(NCC1CCN(CC(F)(F)F)C1)N1CCCC1CO. The van der Waals surface area contributed by atoms with Crippen molar-refractivity contribution in [1.82, 2.24) is 15.1 Å². The van der Waals surface area contributed by atoms with Crippen LogP contribution in [0.3, 0.4) is 0 Å². The van der Waals surface area contributed by atoms with Crippen LogP contribution in [0.1, 0.15) is 19.3 Å². The highest BCUT2D eigenvalue weighted by Gasteiger charge is 2.34. The second-order valence-corrected chi connectivity index (χ2v) is 5.86. The van der Waals surface area contributed by atoms with Gasteiger partial charge in [-0.05, 0) is 31.7 Å². The minimum Gasteiger partial charge on any atom is -0.394 e. The van der Waals surface area contributed by atoms with Gasteiger partial charge in [0.1, 0.15) is 0 Å². The molecule has 2 N–H and O–H groups in total. The summed E-state index contributed by atoms with van der Waals surface area (Å²) in [4.78, 5) is 15.0. The molecule has 0 aromatic carbocycles. The summed E-state index contributed by atoms with van der Waals surface area (Å²) in [6.45, 7) is 0.877. The molecule has 2 heterocycles. The number of hydrogen-bond donors (Lipinski definition) is 2. The average molecular weight is 309 g/mol. The molecule has 0 aromatic heterocycles. The number of carbonyl (C=O) groups excluding carboxylic acids is 1. The van der Waals surface area contributed by atoms with Gasteiger partial charge in [0.05, 0.1) is 19.2 Å². The third kappa shape index (κ3) is 4.74. The van der Waals surface area contributed by atoms with Crippen LogP contribution in [0.5, 0.6) is 0 Å². The third-order valence-electron chi connectivity index (χ3n) is 4.16. The fourth-order valence-corrected chi connectivity index (χ4v) is 3.10. The Bertz CT molecular complexity index is 365. The smallest absolute Gasteiger partial charge is 0.394 e. The number of aliphatic hydroxyl groups is 1. The van der Waals surface area contributed by atoms with Crippen molar-refractivity contribution in [1.29, 1.82) is 0 Å². The topological polar surface area (TPSA) is 55.8 Å². The van der Waals surface area contributed by atoms with Gasteiger partial charge in [-0.1, -0.05) is 0 Å². The molecule has 5 nitrogen and oxygen atoms in total. The van der Waals surface area contributed by atoms with Crippen LogP contribution in [0.2, 0.25) is 0 Å². The van der Waals surface area contributed by atoms with Gasteiger partial charge in [-0.3, -0.25) is 4.90 Å². The second-order valence-electron chi connectivity index (χ2n) is 5.86. The van der Waals surface area contributed by atoms with Gasteiger partial charge in [0.2, 0.25) is 0 Å². The molecule has 2 atom stereocenters. The number of likely N-dealkylation sites (tertiary alicyclic amines) is 2. The first kappa shape index (κ1) is 16.4. The molecule has 2 fully saturated rings. The Morgan fingerprint density at radius 2 is 2.05 bits per heavy atom. The Balaban J connectivity index is 1.71. The van der Waals surface area contributed by atoms with Gasteiger partial charge in [-0.25, -0.2) is 4.79 Å². The molecule has 8 heteroatoms. The first-order chi connectivity index (χ1) is 9.89. The third-order valence-corrected chi connectivity index (χ3v) is 4.16. The molecule has 2 aliphatic heterocycles. The Morgan fingerprint density at radius 1 is 1.29 bits per heavy atom. The van der Waals surface area contributed by atoms with E-state index in [0.29, 0.717) is 32.6 Å². The van der Waals surface area contributed by atoms with Gasteiger partial charge in [-0.15, -0.1) is 0 Å². The van der Waals surface area contributed by atoms with Crippen molar-refractivity contribution >= 4 is 6.03 Å². The Hall–Kier alpha value is -1.02. The molecule has 2 saturated heterocycles. The van der Waals surface area contributed by atoms with Gasteiger partial charge >= 0.3 is 12.2 Å². The zero-order valence-electron chi connectivity index (χ0n) is 11.9. The van der Waals surface area contributed by atoms with Crippen molar-refractivity contribution in [3.63, 3.8) is 0 Å². The van der Waals surface area contributed by atoms with Crippen LogP contribution in [0.15, 0.2) is 0 Å². The molecule has 0 aromatic rings. The zero-order valence-corrected chi connectivity index (χ0v) is 11.9. The number of nitrogens with zero attached hydrogens (tertiary/aromatic N) is 2. The van der Waals surface area contributed by atoms with Crippen molar-refractivity contribution in [2.45, 2.75) is 31.5 Å². The van der Waals surface area contributed by atoms with Crippen molar-refractivity contribution in [3.05, 3.63) is 0 Å². The molecule has 0 bridgehead atoms.